The van der Waals surface area contributed by atoms with Crippen LogP contribution in [0.4, 0.5) is 10.1 Å². The minimum atomic E-state index is -0.586. The summed E-state index contributed by atoms with van der Waals surface area (Å²) in [6.07, 6.45) is 1.39. The zero-order valence-corrected chi connectivity index (χ0v) is 16.4. The van der Waals surface area contributed by atoms with Crippen LogP contribution in [0.5, 0.6) is 11.5 Å². The molecule has 0 saturated heterocycles. The Labute approximate surface area is 177 Å². The lowest BCUT2D eigenvalue weighted by molar-refractivity contribution is -0.384. The number of halogens is 1. The number of amides is 1. The van der Waals surface area contributed by atoms with Gasteiger partial charge in [-0.05, 0) is 35.9 Å². The molecule has 3 aromatic rings. The van der Waals surface area contributed by atoms with Crippen molar-refractivity contribution >= 4 is 17.8 Å². The molecular formula is C22H18FN3O5. The van der Waals surface area contributed by atoms with Crippen LogP contribution in [0.25, 0.3) is 0 Å². The third kappa shape index (κ3) is 5.63. The van der Waals surface area contributed by atoms with E-state index in [-0.39, 0.29) is 23.7 Å². The minimum absolute atomic E-state index is 0.0374. The number of nitro benzene ring substituents is 1. The molecule has 0 heterocycles. The van der Waals surface area contributed by atoms with Gasteiger partial charge in [0.2, 0.25) is 0 Å². The molecule has 3 aromatic carbocycles. The van der Waals surface area contributed by atoms with Gasteiger partial charge in [0.1, 0.15) is 12.4 Å². The molecule has 3 rings (SSSR count). The van der Waals surface area contributed by atoms with Crippen LogP contribution in [-0.4, -0.2) is 24.2 Å². The fourth-order valence-corrected chi connectivity index (χ4v) is 2.65. The van der Waals surface area contributed by atoms with Crippen molar-refractivity contribution in [3.05, 3.63) is 99.4 Å². The Morgan fingerprint density at radius 2 is 1.94 bits per heavy atom. The summed E-state index contributed by atoms with van der Waals surface area (Å²) in [5.41, 5.74) is 3.26. The van der Waals surface area contributed by atoms with Gasteiger partial charge >= 0.3 is 0 Å². The van der Waals surface area contributed by atoms with E-state index in [1.165, 1.54) is 37.6 Å². The van der Waals surface area contributed by atoms with E-state index in [0.29, 0.717) is 22.6 Å². The van der Waals surface area contributed by atoms with Gasteiger partial charge in [-0.15, -0.1) is 0 Å². The van der Waals surface area contributed by atoms with Crippen LogP contribution in [0.2, 0.25) is 0 Å². The molecule has 0 atom stereocenters. The molecule has 0 aliphatic carbocycles. The molecule has 1 N–H and O–H groups in total. The van der Waals surface area contributed by atoms with E-state index in [2.05, 4.69) is 10.5 Å². The number of nitro groups is 1. The Bertz CT molecular complexity index is 1130. The smallest absolute Gasteiger partial charge is 0.271 e. The second kappa shape index (κ2) is 9.97. The highest BCUT2D eigenvalue weighted by atomic mass is 19.1. The summed E-state index contributed by atoms with van der Waals surface area (Å²) in [5.74, 6) is -0.115. The van der Waals surface area contributed by atoms with Crippen molar-refractivity contribution < 1.29 is 23.6 Å². The average molecular weight is 423 g/mol. The number of hydrogen-bond acceptors (Lipinski definition) is 6. The van der Waals surface area contributed by atoms with Crippen molar-refractivity contribution in [2.45, 2.75) is 6.61 Å². The van der Waals surface area contributed by atoms with E-state index >= 15 is 0 Å². The van der Waals surface area contributed by atoms with Crippen LogP contribution in [0.3, 0.4) is 0 Å². The summed E-state index contributed by atoms with van der Waals surface area (Å²) in [6.45, 7) is 0.0374. The van der Waals surface area contributed by atoms with Crippen molar-refractivity contribution in [2.75, 3.05) is 7.11 Å². The number of ether oxygens (including phenoxy) is 2. The molecule has 31 heavy (non-hydrogen) atoms. The first-order chi connectivity index (χ1) is 15.0. The summed E-state index contributed by atoms with van der Waals surface area (Å²) in [4.78, 5) is 22.3. The lowest BCUT2D eigenvalue weighted by atomic mass is 10.2. The third-order valence-corrected chi connectivity index (χ3v) is 4.23. The molecule has 0 aliphatic heterocycles. The van der Waals surface area contributed by atoms with Gasteiger partial charge in [-0.1, -0.05) is 24.3 Å². The maximum Gasteiger partial charge on any atom is 0.271 e. The SMILES string of the molecule is COc1cc(C=NNC(=O)c2cccc([N+](=O)[O-])c2)ccc1OCc1ccccc1F. The van der Waals surface area contributed by atoms with Gasteiger partial charge in [0.25, 0.3) is 11.6 Å². The quantitative estimate of drug-likeness (QED) is 0.334. The highest BCUT2D eigenvalue weighted by Gasteiger charge is 2.11. The van der Waals surface area contributed by atoms with E-state index in [9.17, 15) is 19.3 Å². The molecule has 0 aliphatic rings. The first-order valence-electron chi connectivity index (χ1n) is 9.10. The third-order valence-electron chi connectivity index (χ3n) is 4.23. The summed E-state index contributed by atoms with van der Waals surface area (Å²) in [7, 11) is 1.47. The molecule has 0 unspecified atom stereocenters. The molecule has 1 amide bonds. The van der Waals surface area contributed by atoms with Crippen molar-refractivity contribution in [1.29, 1.82) is 0 Å². The number of carbonyl (C=O) groups is 1. The van der Waals surface area contributed by atoms with E-state index < -0.39 is 10.8 Å². The molecule has 158 valence electrons. The largest absolute Gasteiger partial charge is 0.493 e. The van der Waals surface area contributed by atoms with Gasteiger partial charge in [0.15, 0.2) is 11.5 Å². The molecule has 0 aromatic heterocycles. The fraction of sp³-hybridized carbons (Fsp3) is 0.0909. The lowest BCUT2D eigenvalue weighted by Crippen LogP contribution is -2.17. The Kier molecular flexibility index (Phi) is 6.89. The Morgan fingerprint density at radius 1 is 1.13 bits per heavy atom. The van der Waals surface area contributed by atoms with Crippen molar-refractivity contribution in [3.8, 4) is 11.5 Å². The highest BCUT2D eigenvalue weighted by molar-refractivity contribution is 5.95. The summed E-state index contributed by atoms with van der Waals surface area (Å²) < 4.78 is 24.7. The normalized spacial score (nSPS) is 10.6. The first-order valence-corrected chi connectivity index (χ1v) is 9.10. The van der Waals surface area contributed by atoms with Crippen molar-refractivity contribution in [2.24, 2.45) is 5.10 Å². The number of rotatable bonds is 8. The number of benzene rings is 3. The second-order valence-corrected chi connectivity index (χ2v) is 6.30. The predicted molar refractivity (Wildman–Crippen MR) is 112 cm³/mol. The number of non-ortho nitro benzene ring substituents is 1. The molecule has 0 bridgehead atoms. The van der Waals surface area contributed by atoms with Gasteiger partial charge in [-0.25, -0.2) is 9.82 Å². The fourth-order valence-electron chi connectivity index (χ4n) is 2.65. The molecular weight excluding hydrogens is 405 g/mol. The first kappa shape index (κ1) is 21.4. The number of carbonyl (C=O) groups excluding carboxylic acids is 1. The van der Waals surface area contributed by atoms with Crippen LogP contribution in [0.1, 0.15) is 21.5 Å². The number of nitrogens with zero attached hydrogens (tertiary/aromatic N) is 2. The zero-order valence-electron chi connectivity index (χ0n) is 16.4. The zero-order chi connectivity index (χ0) is 22.2. The predicted octanol–water partition coefficient (Wildman–Crippen LogP) is 4.09. The molecule has 0 saturated carbocycles. The standard InChI is InChI=1S/C22H18FN3O5/c1-30-21-11-15(9-10-20(21)31-14-17-5-2-3-8-19(17)23)13-24-25-22(27)16-6-4-7-18(12-16)26(28)29/h2-13H,14H2,1H3,(H,25,27). The van der Waals surface area contributed by atoms with Crippen molar-refractivity contribution in [1.82, 2.24) is 5.43 Å². The Balaban J connectivity index is 1.64. The van der Waals surface area contributed by atoms with E-state index in [4.69, 9.17) is 9.47 Å². The molecule has 8 nitrogen and oxygen atoms in total. The van der Waals surface area contributed by atoms with E-state index in [1.807, 2.05) is 0 Å². The van der Waals surface area contributed by atoms with E-state index in [0.717, 1.165) is 6.07 Å². The summed E-state index contributed by atoms with van der Waals surface area (Å²) in [5, 5.41) is 14.7. The van der Waals surface area contributed by atoms with Crippen LogP contribution in [0.15, 0.2) is 71.8 Å². The molecule has 0 spiro atoms. The molecule has 9 heteroatoms. The molecule has 0 fully saturated rings. The van der Waals surface area contributed by atoms with Gasteiger partial charge in [-0.3, -0.25) is 14.9 Å². The maximum absolute atomic E-state index is 13.7. The summed E-state index contributed by atoms with van der Waals surface area (Å²) in [6, 6.07) is 16.6. The van der Waals surface area contributed by atoms with Gasteiger partial charge in [0, 0.05) is 23.3 Å². The van der Waals surface area contributed by atoms with Crippen molar-refractivity contribution in [3.63, 3.8) is 0 Å². The molecule has 0 radical (unpaired) electrons. The second-order valence-electron chi connectivity index (χ2n) is 6.30. The van der Waals surface area contributed by atoms with Gasteiger partial charge in [0.05, 0.1) is 18.2 Å². The van der Waals surface area contributed by atoms with Crippen LogP contribution in [0, 0.1) is 15.9 Å². The minimum Gasteiger partial charge on any atom is -0.493 e. The van der Waals surface area contributed by atoms with Crippen LogP contribution in [-0.2, 0) is 6.61 Å². The number of hydrogen-bond donors (Lipinski definition) is 1. The van der Waals surface area contributed by atoms with Gasteiger partial charge in [-0.2, -0.15) is 5.10 Å². The maximum atomic E-state index is 13.7. The van der Waals surface area contributed by atoms with E-state index in [1.54, 1.807) is 36.4 Å². The number of methoxy groups -OCH3 is 1. The summed E-state index contributed by atoms with van der Waals surface area (Å²) >= 11 is 0. The number of hydrazone groups is 1. The number of nitrogens with one attached hydrogen (secondary N) is 1. The average Bonchev–Trinajstić information content (AvgIpc) is 2.79. The Hall–Kier alpha value is -4.27. The lowest BCUT2D eigenvalue weighted by Gasteiger charge is -2.11. The highest BCUT2D eigenvalue weighted by Crippen LogP contribution is 2.28. The van der Waals surface area contributed by atoms with Gasteiger partial charge < -0.3 is 9.47 Å². The monoisotopic (exact) mass is 423 g/mol. The Morgan fingerprint density at radius 3 is 2.68 bits per heavy atom. The van der Waals surface area contributed by atoms with Crippen LogP contribution < -0.4 is 14.9 Å². The topological polar surface area (TPSA) is 103 Å². The van der Waals surface area contributed by atoms with Crippen LogP contribution >= 0.6 is 0 Å².